The summed E-state index contributed by atoms with van der Waals surface area (Å²) in [6, 6.07) is 17.2. The molecule has 2 N–H and O–H groups in total. The highest BCUT2D eigenvalue weighted by molar-refractivity contribution is 14.0. The van der Waals surface area contributed by atoms with Crippen LogP contribution in [0, 0.1) is 5.92 Å². The van der Waals surface area contributed by atoms with Crippen LogP contribution in [0.15, 0.2) is 59.6 Å². The van der Waals surface area contributed by atoms with Gasteiger partial charge in [-0.2, -0.15) is 0 Å². The summed E-state index contributed by atoms with van der Waals surface area (Å²) >= 11 is 0. The third kappa shape index (κ3) is 7.21. The van der Waals surface area contributed by atoms with Crippen LogP contribution in [0.25, 0.3) is 0 Å². The predicted molar refractivity (Wildman–Crippen MR) is 118 cm³/mol. The zero-order valence-electron chi connectivity index (χ0n) is 15.5. The van der Waals surface area contributed by atoms with Gasteiger partial charge >= 0.3 is 5.97 Å². The zero-order valence-corrected chi connectivity index (χ0v) is 17.8. The first-order chi connectivity index (χ1) is 12.7. The maximum Gasteiger partial charge on any atom is 0.338 e. The fourth-order valence-corrected chi connectivity index (χ4v) is 2.58. The Hall–Kier alpha value is -2.09. The number of guanidine groups is 1. The Morgan fingerprint density at radius 1 is 1.07 bits per heavy atom. The minimum Gasteiger partial charge on any atom is -0.457 e. The van der Waals surface area contributed by atoms with Crippen LogP contribution in [0.2, 0.25) is 0 Å². The molecule has 2 aromatic rings. The molecule has 1 aliphatic carbocycles. The van der Waals surface area contributed by atoms with Crippen molar-refractivity contribution in [1.29, 1.82) is 0 Å². The normalized spacial score (nSPS) is 13.4. The first kappa shape index (κ1) is 21.2. The molecule has 0 unspecified atom stereocenters. The lowest BCUT2D eigenvalue weighted by Gasteiger charge is -2.12. The Kier molecular flexibility index (Phi) is 8.57. The van der Waals surface area contributed by atoms with Gasteiger partial charge in [0.05, 0.1) is 5.56 Å². The van der Waals surface area contributed by atoms with E-state index in [2.05, 4.69) is 15.6 Å². The highest BCUT2D eigenvalue weighted by Gasteiger charge is 2.21. The second-order valence-electron chi connectivity index (χ2n) is 6.51. The molecule has 0 radical (unpaired) electrons. The molecule has 0 saturated heterocycles. The lowest BCUT2D eigenvalue weighted by molar-refractivity contribution is 0.0472. The summed E-state index contributed by atoms with van der Waals surface area (Å²) in [6.45, 7) is 1.84. The van der Waals surface area contributed by atoms with Crippen molar-refractivity contribution in [2.45, 2.75) is 26.0 Å². The van der Waals surface area contributed by atoms with E-state index >= 15 is 0 Å². The molecule has 0 aromatic heterocycles. The van der Waals surface area contributed by atoms with Crippen LogP contribution in [-0.2, 0) is 17.9 Å². The second-order valence-corrected chi connectivity index (χ2v) is 6.51. The van der Waals surface area contributed by atoms with Crippen molar-refractivity contribution < 1.29 is 9.53 Å². The van der Waals surface area contributed by atoms with E-state index in [1.54, 1.807) is 13.1 Å². The summed E-state index contributed by atoms with van der Waals surface area (Å²) < 4.78 is 5.39. The van der Waals surface area contributed by atoms with E-state index in [-0.39, 0.29) is 36.6 Å². The van der Waals surface area contributed by atoms with Gasteiger partial charge in [-0.1, -0.05) is 42.5 Å². The molecule has 3 rings (SSSR count). The Morgan fingerprint density at radius 2 is 1.81 bits per heavy atom. The van der Waals surface area contributed by atoms with Crippen molar-refractivity contribution >= 4 is 35.9 Å². The first-order valence-corrected chi connectivity index (χ1v) is 8.99. The number of carbonyl (C=O) groups excluding carboxylic acids is 1. The molecule has 144 valence electrons. The van der Waals surface area contributed by atoms with Crippen molar-refractivity contribution in [3.05, 3.63) is 71.3 Å². The molecule has 1 fully saturated rings. The number of benzene rings is 2. The van der Waals surface area contributed by atoms with E-state index in [9.17, 15) is 4.79 Å². The highest BCUT2D eigenvalue weighted by atomic mass is 127. The predicted octanol–water partition coefficient (Wildman–Crippen LogP) is 3.74. The quantitative estimate of drug-likeness (QED) is 0.275. The van der Waals surface area contributed by atoms with Crippen LogP contribution < -0.4 is 10.6 Å². The number of carbonyl (C=O) groups is 1. The standard InChI is InChI=1S/C21H25N3O2.HI/c1-22-21(23-13-16-10-11-16)24-14-18-8-5-9-19(12-18)20(25)26-15-17-6-3-2-4-7-17;/h2-9,12,16H,10-11,13-15H2,1H3,(H2,22,23,24);1H. The average Bonchev–Trinajstić information content (AvgIpc) is 3.52. The molecule has 0 atom stereocenters. The Bertz CT molecular complexity index is 761. The van der Waals surface area contributed by atoms with Crippen LogP contribution in [0.5, 0.6) is 0 Å². The number of hydrogen-bond donors (Lipinski definition) is 2. The van der Waals surface area contributed by atoms with Gasteiger partial charge in [-0.15, -0.1) is 24.0 Å². The van der Waals surface area contributed by atoms with Gasteiger partial charge in [0.1, 0.15) is 6.61 Å². The second kappa shape index (κ2) is 10.9. The van der Waals surface area contributed by atoms with Gasteiger partial charge in [0.15, 0.2) is 5.96 Å². The third-order valence-corrected chi connectivity index (χ3v) is 4.31. The fraction of sp³-hybridized carbons (Fsp3) is 0.333. The Labute approximate surface area is 177 Å². The van der Waals surface area contributed by atoms with Crippen LogP contribution in [0.4, 0.5) is 0 Å². The van der Waals surface area contributed by atoms with Gasteiger partial charge < -0.3 is 15.4 Å². The molecular weight excluding hydrogens is 453 g/mol. The summed E-state index contributed by atoms with van der Waals surface area (Å²) in [4.78, 5) is 16.5. The lowest BCUT2D eigenvalue weighted by Crippen LogP contribution is -2.37. The van der Waals surface area contributed by atoms with Crippen molar-refractivity contribution in [2.24, 2.45) is 10.9 Å². The number of rotatable bonds is 7. The monoisotopic (exact) mass is 479 g/mol. The number of nitrogens with one attached hydrogen (secondary N) is 2. The lowest BCUT2D eigenvalue weighted by atomic mass is 10.1. The van der Waals surface area contributed by atoms with Gasteiger partial charge in [0.25, 0.3) is 0 Å². The summed E-state index contributed by atoms with van der Waals surface area (Å²) in [7, 11) is 1.76. The molecule has 1 aliphatic rings. The van der Waals surface area contributed by atoms with Crippen LogP contribution in [0.1, 0.15) is 34.3 Å². The number of ether oxygens (including phenoxy) is 1. The van der Waals surface area contributed by atoms with E-state index in [0.29, 0.717) is 12.1 Å². The summed E-state index contributed by atoms with van der Waals surface area (Å²) in [6.07, 6.45) is 2.61. The maximum atomic E-state index is 12.3. The number of nitrogens with zero attached hydrogens (tertiary/aromatic N) is 1. The minimum atomic E-state index is -0.313. The molecule has 0 bridgehead atoms. The highest BCUT2D eigenvalue weighted by Crippen LogP contribution is 2.27. The Morgan fingerprint density at radius 3 is 2.52 bits per heavy atom. The van der Waals surface area contributed by atoms with Crippen LogP contribution >= 0.6 is 24.0 Å². The fourth-order valence-electron chi connectivity index (χ4n) is 2.58. The van der Waals surface area contributed by atoms with Crippen LogP contribution in [0.3, 0.4) is 0 Å². The maximum absolute atomic E-state index is 12.3. The van der Waals surface area contributed by atoms with Crippen LogP contribution in [-0.4, -0.2) is 25.5 Å². The first-order valence-electron chi connectivity index (χ1n) is 8.99. The van der Waals surface area contributed by atoms with Gasteiger partial charge in [0, 0.05) is 20.1 Å². The summed E-state index contributed by atoms with van der Waals surface area (Å²) in [5.74, 6) is 1.26. The Balaban J connectivity index is 0.00000261. The van der Waals surface area contributed by atoms with Gasteiger partial charge in [-0.05, 0) is 42.0 Å². The number of hydrogen-bond acceptors (Lipinski definition) is 3. The molecule has 0 amide bonds. The molecule has 2 aromatic carbocycles. The van der Waals surface area contributed by atoms with Gasteiger partial charge in [-0.3, -0.25) is 4.99 Å². The van der Waals surface area contributed by atoms with Crippen molar-refractivity contribution in [3.8, 4) is 0 Å². The average molecular weight is 479 g/mol. The van der Waals surface area contributed by atoms with Crippen molar-refractivity contribution in [1.82, 2.24) is 10.6 Å². The number of aliphatic imine (C=N–C) groups is 1. The smallest absolute Gasteiger partial charge is 0.338 e. The SMILES string of the molecule is CN=C(NCc1cccc(C(=O)OCc2ccccc2)c1)NCC1CC1.I. The van der Waals surface area contributed by atoms with Crippen molar-refractivity contribution in [3.63, 3.8) is 0 Å². The van der Waals surface area contributed by atoms with E-state index in [1.165, 1.54) is 12.8 Å². The number of esters is 1. The molecule has 27 heavy (non-hydrogen) atoms. The van der Waals surface area contributed by atoms with Gasteiger partial charge in [0.2, 0.25) is 0 Å². The zero-order chi connectivity index (χ0) is 18.2. The molecule has 0 heterocycles. The summed E-state index contributed by atoms with van der Waals surface area (Å²) in [5, 5.41) is 6.60. The molecule has 5 nitrogen and oxygen atoms in total. The molecule has 6 heteroatoms. The minimum absolute atomic E-state index is 0. The molecule has 1 saturated carbocycles. The number of halogens is 1. The van der Waals surface area contributed by atoms with E-state index < -0.39 is 0 Å². The van der Waals surface area contributed by atoms with E-state index in [1.807, 2.05) is 48.5 Å². The molecule has 0 aliphatic heterocycles. The van der Waals surface area contributed by atoms with E-state index in [4.69, 9.17) is 4.74 Å². The van der Waals surface area contributed by atoms with Gasteiger partial charge in [-0.25, -0.2) is 4.79 Å². The van der Waals surface area contributed by atoms with Crippen molar-refractivity contribution in [2.75, 3.05) is 13.6 Å². The van der Waals surface area contributed by atoms with E-state index in [0.717, 1.165) is 29.5 Å². The topological polar surface area (TPSA) is 62.7 Å². The third-order valence-electron chi connectivity index (χ3n) is 4.31. The molecular formula is C21H26IN3O2. The molecule has 0 spiro atoms. The largest absolute Gasteiger partial charge is 0.457 e. The summed E-state index contributed by atoms with van der Waals surface area (Å²) in [5.41, 5.74) is 2.54.